The van der Waals surface area contributed by atoms with Crippen molar-refractivity contribution in [3.63, 3.8) is 0 Å². The van der Waals surface area contributed by atoms with Crippen LogP contribution in [0.5, 0.6) is 0 Å². The van der Waals surface area contributed by atoms with Crippen molar-refractivity contribution >= 4 is 35.2 Å². The average molecular weight is 327 g/mol. The first-order valence-corrected chi connectivity index (χ1v) is 7.54. The standard InChI is InChI=1S/C18H15ClN2O2/c1-21-11-14-10-13(6-7-16(14)20-18(21)23)17(22)8-5-12-3-2-4-15(19)9-12/h2-10H,11H2,1H3,(H,20,23)/b8-5+. The molecule has 2 aromatic rings. The molecule has 0 saturated heterocycles. The van der Waals surface area contributed by atoms with Crippen molar-refractivity contribution in [1.82, 2.24) is 4.90 Å². The number of hydrogen-bond acceptors (Lipinski definition) is 2. The average Bonchev–Trinajstić information content (AvgIpc) is 2.53. The Labute approximate surface area is 139 Å². The monoisotopic (exact) mass is 326 g/mol. The Morgan fingerprint density at radius 2 is 2.09 bits per heavy atom. The maximum atomic E-state index is 12.3. The molecule has 23 heavy (non-hydrogen) atoms. The number of hydrogen-bond donors (Lipinski definition) is 1. The fourth-order valence-corrected chi connectivity index (χ4v) is 2.61. The first kappa shape index (κ1) is 15.3. The molecule has 0 unspecified atom stereocenters. The second-order valence-corrected chi connectivity index (χ2v) is 5.85. The summed E-state index contributed by atoms with van der Waals surface area (Å²) in [7, 11) is 1.71. The Balaban J connectivity index is 1.81. The molecule has 0 aromatic heterocycles. The number of benzene rings is 2. The van der Waals surface area contributed by atoms with E-state index in [1.807, 2.05) is 18.2 Å². The first-order valence-electron chi connectivity index (χ1n) is 7.16. The van der Waals surface area contributed by atoms with Crippen LogP contribution in [0.4, 0.5) is 10.5 Å². The molecule has 0 aliphatic carbocycles. The van der Waals surface area contributed by atoms with Crippen molar-refractivity contribution in [3.8, 4) is 0 Å². The molecule has 1 heterocycles. The zero-order valence-electron chi connectivity index (χ0n) is 12.5. The van der Waals surface area contributed by atoms with Crippen LogP contribution in [0.25, 0.3) is 6.08 Å². The van der Waals surface area contributed by atoms with Crippen LogP contribution < -0.4 is 5.32 Å². The van der Waals surface area contributed by atoms with E-state index >= 15 is 0 Å². The summed E-state index contributed by atoms with van der Waals surface area (Å²) in [6.07, 6.45) is 3.26. The van der Waals surface area contributed by atoms with Gasteiger partial charge in [-0.1, -0.05) is 29.8 Å². The molecule has 0 atom stereocenters. The third-order valence-corrected chi connectivity index (χ3v) is 3.90. The third kappa shape index (κ3) is 3.43. The summed E-state index contributed by atoms with van der Waals surface area (Å²) in [6.45, 7) is 0.486. The Hall–Kier alpha value is -2.59. The van der Waals surface area contributed by atoms with Gasteiger partial charge in [0.15, 0.2) is 5.78 Å². The minimum atomic E-state index is -0.141. The lowest BCUT2D eigenvalue weighted by atomic mass is 10.0. The van der Waals surface area contributed by atoms with Gasteiger partial charge in [-0.15, -0.1) is 0 Å². The topological polar surface area (TPSA) is 49.4 Å². The number of amides is 2. The van der Waals surface area contributed by atoms with Gasteiger partial charge in [-0.25, -0.2) is 4.79 Å². The van der Waals surface area contributed by atoms with Crippen LogP contribution in [-0.4, -0.2) is 23.8 Å². The van der Waals surface area contributed by atoms with E-state index in [1.54, 1.807) is 42.3 Å². The van der Waals surface area contributed by atoms with Crippen LogP contribution in [-0.2, 0) is 6.54 Å². The first-order chi connectivity index (χ1) is 11.0. The summed E-state index contributed by atoms with van der Waals surface area (Å²) >= 11 is 5.92. The Bertz CT molecular complexity index is 814. The molecule has 0 fully saturated rings. The lowest BCUT2D eigenvalue weighted by Crippen LogP contribution is -2.35. The summed E-state index contributed by atoms with van der Waals surface area (Å²) in [4.78, 5) is 25.5. The van der Waals surface area contributed by atoms with Gasteiger partial charge in [0.1, 0.15) is 0 Å². The minimum absolute atomic E-state index is 0.0904. The zero-order chi connectivity index (χ0) is 16.4. The smallest absolute Gasteiger partial charge is 0.321 e. The number of urea groups is 1. The van der Waals surface area contributed by atoms with Crippen LogP contribution in [0.15, 0.2) is 48.5 Å². The van der Waals surface area contributed by atoms with Gasteiger partial charge in [0.05, 0.1) is 0 Å². The number of ketones is 1. The molecule has 1 aliphatic rings. The van der Waals surface area contributed by atoms with Crippen molar-refractivity contribution in [2.24, 2.45) is 0 Å². The lowest BCUT2D eigenvalue weighted by molar-refractivity contribution is 0.104. The number of anilines is 1. The van der Waals surface area contributed by atoms with Gasteiger partial charge in [-0.3, -0.25) is 4.79 Å². The molecule has 1 aliphatic heterocycles. The third-order valence-electron chi connectivity index (χ3n) is 3.66. The number of allylic oxidation sites excluding steroid dienone is 1. The Morgan fingerprint density at radius 1 is 1.26 bits per heavy atom. The van der Waals surface area contributed by atoms with Crippen LogP contribution in [0.3, 0.4) is 0 Å². The molecular weight excluding hydrogens is 312 g/mol. The van der Waals surface area contributed by atoms with E-state index in [0.717, 1.165) is 16.8 Å². The van der Waals surface area contributed by atoms with Crippen molar-refractivity contribution < 1.29 is 9.59 Å². The highest BCUT2D eigenvalue weighted by molar-refractivity contribution is 6.30. The summed E-state index contributed by atoms with van der Waals surface area (Å²) in [5.41, 5.74) is 3.14. The van der Waals surface area contributed by atoms with Crippen molar-refractivity contribution in [1.29, 1.82) is 0 Å². The molecule has 0 spiro atoms. The molecule has 5 heteroatoms. The fraction of sp³-hybridized carbons (Fsp3) is 0.111. The quantitative estimate of drug-likeness (QED) is 0.678. The van der Waals surface area contributed by atoms with E-state index < -0.39 is 0 Å². The number of fused-ring (bicyclic) bond motifs is 1. The Morgan fingerprint density at radius 3 is 2.87 bits per heavy atom. The highest BCUT2D eigenvalue weighted by Gasteiger charge is 2.19. The Kier molecular flexibility index (Phi) is 4.17. The van der Waals surface area contributed by atoms with Gasteiger partial charge in [-0.05, 0) is 47.5 Å². The van der Waals surface area contributed by atoms with Crippen LogP contribution >= 0.6 is 11.6 Å². The normalized spacial score (nSPS) is 13.8. The number of carbonyl (C=O) groups is 2. The molecule has 1 N–H and O–H groups in total. The number of carbonyl (C=O) groups excluding carboxylic acids is 2. The summed E-state index contributed by atoms with van der Waals surface area (Å²) < 4.78 is 0. The summed E-state index contributed by atoms with van der Waals surface area (Å²) in [5, 5.41) is 3.41. The van der Waals surface area contributed by atoms with Gasteiger partial charge in [0.2, 0.25) is 0 Å². The molecule has 3 rings (SSSR count). The predicted molar refractivity (Wildman–Crippen MR) is 91.7 cm³/mol. The molecule has 2 amide bonds. The van der Waals surface area contributed by atoms with Crippen LogP contribution in [0, 0.1) is 0 Å². The molecular formula is C18H15ClN2O2. The van der Waals surface area contributed by atoms with E-state index in [1.165, 1.54) is 6.08 Å². The second-order valence-electron chi connectivity index (χ2n) is 5.41. The van der Waals surface area contributed by atoms with Gasteiger partial charge in [0.25, 0.3) is 0 Å². The fourth-order valence-electron chi connectivity index (χ4n) is 2.42. The van der Waals surface area contributed by atoms with Crippen LogP contribution in [0.2, 0.25) is 5.02 Å². The van der Waals surface area contributed by atoms with E-state index in [9.17, 15) is 9.59 Å². The molecule has 0 bridgehead atoms. The van der Waals surface area contributed by atoms with E-state index in [-0.39, 0.29) is 11.8 Å². The van der Waals surface area contributed by atoms with E-state index in [2.05, 4.69) is 5.32 Å². The molecule has 116 valence electrons. The largest absolute Gasteiger partial charge is 0.323 e. The van der Waals surface area contributed by atoms with Crippen molar-refractivity contribution in [3.05, 3.63) is 70.3 Å². The SMILES string of the molecule is CN1Cc2cc(C(=O)/C=C/c3cccc(Cl)c3)ccc2NC1=O. The van der Waals surface area contributed by atoms with Crippen molar-refractivity contribution in [2.75, 3.05) is 12.4 Å². The van der Waals surface area contributed by atoms with Gasteiger partial charge in [-0.2, -0.15) is 0 Å². The van der Waals surface area contributed by atoms with Gasteiger partial charge in [0, 0.05) is 29.9 Å². The second kappa shape index (κ2) is 6.26. The summed E-state index contributed by atoms with van der Waals surface area (Å²) in [5.74, 6) is -0.0904. The zero-order valence-corrected chi connectivity index (χ0v) is 13.3. The molecule has 0 saturated carbocycles. The maximum Gasteiger partial charge on any atom is 0.321 e. The number of halogens is 1. The lowest BCUT2D eigenvalue weighted by Gasteiger charge is -2.26. The molecule has 4 nitrogen and oxygen atoms in total. The number of rotatable bonds is 3. The minimum Gasteiger partial charge on any atom is -0.323 e. The summed E-state index contributed by atoms with van der Waals surface area (Å²) in [6, 6.07) is 12.5. The number of nitrogens with one attached hydrogen (secondary N) is 1. The van der Waals surface area contributed by atoms with Gasteiger partial charge < -0.3 is 10.2 Å². The van der Waals surface area contributed by atoms with Gasteiger partial charge >= 0.3 is 6.03 Å². The van der Waals surface area contributed by atoms with Crippen molar-refractivity contribution in [2.45, 2.75) is 6.54 Å². The molecule has 2 aromatic carbocycles. The number of nitrogens with zero attached hydrogens (tertiary/aromatic N) is 1. The highest BCUT2D eigenvalue weighted by Crippen LogP contribution is 2.24. The maximum absolute atomic E-state index is 12.3. The highest BCUT2D eigenvalue weighted by atomic mass is 35.5. The van der Waals surface area contributed by atoms with E-state index in [4.69, 9.17) is 11.6 Å². The van der Waals surface area contributed by atoms with E-state index in [0.29, 0.717) is 17.1 Å². The predicted octanol–water partition coefficient (Wildman–Crippen LogP) is 4.21. The van der Waals surface area contributed by atoms with Crippen LogP contribution in [0.1, 0.15) is 21.5 Å². The molecule has 0 radical (unpaired) electrons.